The number of aryl methyl sites for hydroxylation is 1. The molecule has 0 saturated heterocycles. The van der Waals surface area contributed by atoms with Crippen molar-refractivity contribution in [3.05, 3.63) is 39.9 Å². The Morgan fingerprint density at radius 2 is 2.05 bits per heavy atom. The summed E-state index contributed by atoms with van der Waals surface area (Å²) in [7, 11) is 1.75. The molecule has 0 saturated carbocycles. The van der Waals surface area contributed by atoms with Crippen molar-refractivity contribution < 1.29 is 4.79 Å². The van der Waals surface area contributed by atoms with Gasteiger partial charge in [0.15, 0.2) is 0 Å². The van der Waals surface area contributed by atoms with Gasteiger partial charge in [-0.1, -0.05) is 0 Å². The van der Waals surface area contributed by atoms with Crippen LogP contribution in [-0.2, 0) is 0 Å². The summed E-state index contributed by atoms with van der Waals surface area (Å²) in [5.74, 6) is -0.233. The number of carbonyl (C=O) groups excluding carboxylic acids is 1. The minimum absolute atomic E-state index is 0.233. The maximum Gasteiger partial charge on any atom is 0.323 e. The molecule has 0 fully saturated rings. The molecule has 0 atom stereocenters. The zero-order chi connectivity index (χ0) is 15.0. The minimum Gasteiger partial charge on any atom is -0.378 e. The van der Waals surface area contributed by atoms with E-state index in [9.17, 15) is 9.59 Å². The van der Waals surface area contributed by atoms with E-state index in [1.54, 1.807) is 32.2 Å². The quantitative estimate of drug-likeness (QED) is 0.593. The summed E-state index contributed by atoms with van der Waals surface area (Å²) in [6.07, 6.45) is 0. The van der Waals surface area contributed by atoms with E-state index in [1.807, 2.05) is 0 Å². The van der Waals surface area contributed by atoms with Crippen molar-refractivity contribution >= 4 is 39.2 Å². The molecule has 3 aromatic rings. The molecule has 108 valence electrons. The van der Waals surface area contributed by atoms with E-state index in [1.165, 1.54) is 11.5 Å². The zero-order valence-electron chi connectivity index (χ0n) is 11.4. The fourth-order valence-electron chi connectivity index (χ4n) is 2.11. The largest absolute Gasteiger partial charge is 0.378 e. The summed E-state index contributed by atoms with van der Waals surface area (Å²) in [4.78, 5) is 28.9. The molecule has 0 aliphatic heterocycles. The standard InChI is InChI=1S/C13H13N5O2S/c1-6-10(12(14-2)21-18-6)11(19)15-7-3-4-8-9(5-7)17-13(20)16-8/h3-5,14H,1-2H3,(H,15,19)(H2,16,17,20). The number of anilines is 2. The van der Waals surface area contributed by atoms with Crippen molar-refractivity contribution in [1.82, 2.24) is 14.3 Å². The lowest BCUT2D eigenvalue weighted by Gasteiger charge is -2.06. The number of nitrogens with one attached hydrogen (secondary N) is 4. The number of H-pyrrole nitrogens is 2. The Morgan fingerprint density at radius 3 is 2.81 bits per heavy atom. The van der Waals surface area contributed by atoms with Gasteiger partial charge in [0.25, 0.3) is 5.91 Å². The van der Waals surface area contributed by atoms with Crippen LogP contribution in [0.25, 0.3) is 11.0 Å². The molecule has 0 unspecified atom stereocenters. The molecule has 0 aliphatic rings. The van der Waals surface area contributed by atoms with Crippen molar-refractivity contribution in [3.8, 4) is 0 Å². The van der Waals surface area contributed by atoms with Gasteiger partial charge < -0.3 is 20.6 Å². The Balaban J connectivity index is 1.92. The number of benzene rings is 1. The van der Waals surface area contributed by atoms with E-state index in [0.29, 0.717) is 28.0 Å². The first-order valence-electron chi connectivity index (χ1n) is 6.26. The highest BCUT2D eigenvalue weighted by atomic mass is 32.1. The first kappa shape index (κ1) is 13.4. The molecule has 1 amide bonds. The smallest absolute Gasteiger partial charge is 0.323 e. The van der Waals surface area contributed by atoms with E-state index in [2.05, 4.69) is 25.0 Å². The second-order valence-corrected chi connectivity index (χ2v) is 5.29. The van der Waals surface area contributed by atoms with Crippen molar-refractivity contribution in [1.29, 1.82) is 0 Å². The summed E-state index contributed by atoms with van der Waals surface area (Å²) in [6.45, 7) is 1.79. The number of aromatic amines is 2. The van der Waals surface area contributed by atoms with Gasteiger partial charge in [-0.05, 0) is 36.7 Å². The average Bonchev–Trinajstić information content (AvgIpc) is 2.99. The summed E-state index contributed by atoms with van der Waals surface area (Å²) < 4.78 is 4.17. The maximum absolute atomic E-state index is 12.4. The molecule has 21 heavy (non-hydrogen) atoms. The number of imidazole rings is 1. The third kappa shape index (κ3) is 2.40. The van der Waals surface area contributed by atoms with Crippen LogP contribution < -0.4 is 16.3 Å². The van der Waals surface area contributed by atoms with E-state index in [4.69, 9.17) is 0 Å². The van der Waals surface area contributed by atoms with Crippen molar-refractivity contribution in [2.45, 2.75) is 6.92 Å². The number of amides is 1. The Hall–Kier alpha value is -2.61. The number of carbonyl (C=O) groups is 1. The van der Waals surface area contributed by atoms with Crippen LogP contribution in [0.1, 0.15) is 16.1 Å². The molecule has 0 spiro atoms. The molecule has 4 N–H and O–H groups in total. The first-order valence-corrected chi connectivity index (χ1v) is 7.03. The van der Waals surface area contributed by atoms with Crippen LogP contribution >= 0.6 is 11.5 Å². The highest BCUT2D eigenvalue weighted by Gasteiger charge is 2.17. The molecular weight excluding hydrogens is 290 g/mol. The number of hydrogen-bond acceptors (Lipinski definition) is 5. The van der Waals surface area contributed by atoms with E-state index >= 15 is 0 Å². The summed E-state index contributed by atoms with van der Waals surface area (Å²) in [5.41, 5.74) is 2.89. The van der Waals surface area contributed by atoms with Crippen LogP contribution in [0.5, 0.6) is 0 Å². The molecule has 2 heterocycles. The molecular formula is C13H13N5O2S. The molecule has 8 heteroatoms. The number of fused-ring (bicyclic) bond motifs is 1. The third-order valence-electron chi connectivity index (χ3n) is 3.09. The van der Waals surface area contributed by atoms with E-state index in [-0.39, 0.29) is 11.6 Å². The Bertz CT molecular complexity index is 876. The monoisotopic (exact) mass is 303 g/mol. The number of hydrogen-bond donors (Lipinski definition) is 4. The van der Waals surface area contributed by atoms with Crippen molar-refractivity contribution in [3.63, 3.8) is 0 Å². The topological polar surface area (TPSA) is 103 Å². The third-order valence-corrected chi connectivity index (χ3v) is 4.05. The fraction of sp³-hybridized carbons (Fsp3) is 0.154. The van der Waals surface area contributed by atoms with Crippen molar-refractivity contribution in [2.75, 3.05) is 17.7 Å². The van der Waals surface area contributed by atoms with Gasteiger partial charge in [0.1, 0.15) is 5.00 Å². The molecule has 2 aromatic heterocycles. The highest BCUT2D eigenvalue weighted by Crippen LogP contribution is 2.25. The van der Waals surface area contributed by atoms with Gasteiger partial charge in [-0.15, -0.1) is 0 Å². The first-order chi connectivity index (χ1) is 10.1. The predicted octanol–water partition coefficient (Wildman–Crippen LogP) is 1.92. The Labute approximate surface area is 123 Å². The van der Waals surface area contributed by atoms with Gasteiger partial charge in [0.05, 0.1) is 22.3 Å². The zero-order valence-corrected chi connectivity index (χ0v) is 12.2. The van der Waals surface area contributed by atoms with Crippen LogP contribution in [0.2, 0.25) is 0 Å². The number of rotatable bonds is 3. The van der Waals surface area contributed by atoms with Gasteiger partial charge in [-0.25, -0.2) is 4.79 Å². The minimum atomic E-state index is -0.274. The average molecular weight is 303 g/mol. The van der Waals surface area contributed by atoms with Crippen molar-refractivity contribution in [2.24, 2.45) is 0 Å². The molecule has 0 bridgehead atoms. The summed E-state index contributed by atoms with van der Waals surface area (Å²) >= 11 is 1.25. The Kier molecular flexibility index (Phi) is 3.22. The van der Waals surface area contributed by atoms with Gasteiger partial charge in [0.2, 0.25) is 0 Å². The summed E-state index contributed by atoms with van der Waals surface area (Å²) in [6, 6.07) is 5.18. The lowest BCUT2D eigenvalue weighted by molar-refractivity contribution is 0.102. The number of nitrogens with zero attached hydrogens (tertiary/aromatic N) is 1. The molecule has 1 aromatic carbocycles. The van der Waals surface area contributed by atoms with Crippen LogP contribution in [0.15, 0.2) is 23.0 Å². The van der Waals surface area contributed by atoms with Gasteiger partial charge in [-0.3, -0.25) is 4.79 Å². The van der Waals surface area contributed by atoms with E-state index < -0.39 is 0 Å². The normalized spacial score (nSPS) is 10.8. The van der Waals surface area contributed by atoms with Crippen LogP contribution in [0, 0.1) is 6.92 Å². The molecule has 7 nitrogen and oxygen atoms in total. The van der Waals surface area contributed by atoms with Crippen LogP contribution in [0.3, 0.4) is 0 Å². The van der Waals surface area contributed by atoms with E-state index in [0.717, 1.165) is 5.00 Å². The maximum atomic E-state index is 12.4. The number of aromatic nitrogens is 3. The lowest BCUT2D eigenvalue weighted by atomic mass is 10.2. The van der Waals surface area contributed by atoms with Gasteiger partial charge in [-0.2, -0.15) is 4.37 Å². The fourth-order valence-corrected chi connectivity index (χ4v) is 2.85. The lowest BCUT2D eigenvalue weighted by Crippen LogP contribution is -2.14. The SMILES string of the molecule is CNc1snc(C)c1C(=O)Nc1ccc2[nH]c(=O)[nH]c2c1. The predicted molar refractivity (Wildman–Crippen MR) is 83.3 cm³/mol. The van der Waals surface area contributed by atoms with Crippen LogP contribution in [-0.4, -0.2) is 27.3 Å². The molecule has 3 rings (SSSR count). The molecule has 0 radical (unpaired) electrons. The molecule has 0 aliphatic carbocycles. The summed E-state index contributed by atoms with van der Waals surface area (Å²) in [5, 5.41) is 6.50. The Morgan fingerprint density at radius 1 is 1.29 bits per heavy atom. The second-order valence-electron chi connectivity index (χ2n) is 4.52. The highest BCUT2D eigenvalue weighted by molar-refractivity contribution is 7.10. The van der Waals surface area contributed by atoms with Crippen LogP contribution in [0.4, 0.5) is 10.7 Å². The van der Waals surface area contributed by atoms with Gasteiger partial charge in [0, 0.05) is 12.7 Å². The van der Waals surface area contributed by atoms with Gasteiger partial charge >= 0.3 is 5.69 Å². The second kappa shape index (κ2) is 5.06.